The van der Waals surface area contributed by atoms with Crippen LogP contribution in [0.3, 0.4) is 0 Å². The smallest absolute Gasteiger partial charge is 0.125 e. The van der Waals surface area contributed by atoms with Crippen molar-refractivity contribution in [1.82, 2.24) is 14.9 Å². The minimum atomic E-state index is 0.265. The van der Waals surface area contributed by atoms with E-state index >= 15 is 0 Å². The molecule has 0 fully saturated rings. The van der Waals surface area contributed by atoms with Crippen LogP contribution in [0.1, 0.15) is 36.8 Å². The third-order valence-corrected chi connectivity index (χ3v) is 4.78. The lowest BCUT2D eigenvalue weighted by molar-refractivity contribution is 0.430. The Morgan fingerprint density at radius 1 is 1.42 bits per heavy atom. The molecule has 1 aromatic carbocycles. The van der Waals surface area contributed by atoms with Crippen LogP contribution < -0.4 is 5.32 Å². The second kappa shape index (κ2) is 5.39. The number of hydrogen-bond donors (Lipinski definition) is 1. The number of nitrogens with one attached hydrogen (secondary N) is 1. The summed E-state index contributed by atoms with van der Waals surface area (Å²) < 4.78 is 2.08. The molecule has 0 saturated heterocycles. The van der Waals surface area contributed by atoms with Gasteiger partial charge in [0.2, 0.25) is 0 Å². The van der Waals surface area contributed by atoms with E-state index in [-0.39, 0.29) is 6.04 Å². The van der Waals surface area contributed by atoms with Crippen LogP contribution in [0.5, 0.6) is 0 Å². The van der Waals surface area contributed by atoms with Crippen LogP contribution in [0.2, 0.25) is 0 Å². The van der Waals surface area contributed by atoms with E-state index in [1.54, 1.807) is 0 Å². The summed E-state index contributed by atoms with van der Waals surface area (Å²) in [7, 11) is 2.05. The molecule has 0 saturated carbocycles. The molecule has 0 amide bonds. The molecule has 2 atom stereocenters. The molecule has 3 rings (SSSR count). The van der Waals surface area contributed by atoms with E-state index in [4.69, 9.17) is 0 Å². The SMILES string of the molecule is CC(NC1CCSc2ccccc21)c1nccn1C. The van der Waals surface area contributed by atoms with Crippen molar-refractivity contribution in [3.8, 4) is 0 Å². The minimum absolute atomic E-state index is 0.265. The van der Waals surface area contributed by atoms with E-state index in [2.05, 4.69) is 46.1 Å². The first kappa shape index (κ1) is 12.8. The molecule has 0 bridgehead atoms. The van der Waals surface area contributed by atoms with Gasteiger partial charge in [0.1, 0.15) is 5.82 Å². The van der Waals surface area contributed by atoms with E-state index < -0.39 is 0 Å². The summed E-state index contributed by atoms with van der Waals surface area (Å²) in [5.74, 6) is 2.28. The molecule has 1 aliphatic rings. The number of benzene rings is 1. The van der Waals surface area contributed by atoms with Crippen molar-refractivity contribution in [2.24, 2.45) is 7.05 Å². The van der Waals surface area contributed by atoms with Crippen molar-refractivity contribution in [2.45, 2.75) is 30.3 Å². The van der Waals surface area contributed by atoms with E-state index in [9.17, 15) is 0 Å². The molecule has 0 aliphatic carbocycles. The van der Waals surface area contributed by atoms with Crippen molar-refractivity contribution in [1.29, 1.82) is 0 Å². The molecular formula is C15H19N3S. The predicted molar refractivity (Wildman–Crippen MR) is 79.3 cm³/mol. The van der Waals surface area contributed by atoms with Crippen LogP contribution in [0, 0.1) is 0 Å². The van der Waals surface area contributed by atoms with Gasteiger partial charge in [0.25, 0.3) is 0 Å². The number of aromatic nitrogens is 2. The minimum Gasteiger partial charge on any atom is -0.337 e. The molecule has 2 aromatic rings. The molecule has 1 N–H and O–H groups in total. The highest BCUT2D eigenvalue weighted by Gasteiger charge is 2.23. The standard InChI is InChI=1S/C15H19N3S/c1-11(15-16-8-9-18(15)2)17-13-7-10-19-14-6-4-3-5-12(13)14/h3-6,8-9,11,13,17H,7,10H2,1-2H3. The average molecular weight is 273 g/mol. The highest BCUT2D eigenvalue weighted by Crippen LogP contribution is 2.36. The van der Waals surface area contributed by atoms with Gasteiger partial charge in [-0.25, -0.2) is 4.98 Å². The lowest BCUT2D eigenvalue weighted by Gasteiger charge is -2.28. The summed E-state index contributed by atoms with van der Waals surface area (Å²) in [6.45, 7) is 2.19. The summed E-state index contributed by atoms with van der Waals surface area (Å²) in [5.41, 5.74) is 1.43. The fourth-order valence-corrected chi connectivity index (χ4v) is 3.81. The second-order valence-electron chi connectivity index (χ2n) is 5.01. The lowest BCUT2D eigenvalue weighted by atomic mass is 10.0. The topological polar surface area (TPSA) is 29.9 Å². The molecule has 4 heteroatoms. The van der Waals surface area contributed by atoms with Crippen molar-refractivity contribution >= 4 is 11.8 Å². The molecule has 2 unspecified atom stereocenters. The highest BCUT2D eigenvalue weighted by molar-refractivity contribution is 7.99. The van der Waals surface area contributed by atoms with Crippen LogP contribution in [-0.4, -0.2) is 15.3 Å². The van der Waals surface area contributed by atoms with Crippen molar-refractivity contribution in [3.63, 3.8) is 0 Å². The number of rotatable bonds is 3. The van der Waals surface area contributed by atoms with Gasteiger partial charge < -0.3 is 9.88 Å². The van der Waals surface area contributed by atoms with Gasteiger partial charge in [0.05, 0.1) is 6.04 Å². The first-order chi connectivity index (χ1) is 9.25. The molecular weight excluding hydrogens is 254 g/mol. The van der Waals surface area contributed by atoms with Crippen LogP contribution in [0.4, 0.5) is 0 Å². The monoisotopic (exact) mass is 273 g/mol. The maximum Gasteiger partial charge on any atom is 0.125 e. The number of thioether (sulfide) groups is 1. The van der Waals surface area contributed by atoms with Gasteiger partial charge in [-0.1, -0.05) is 18.2 Å². The number of aryl methyl sites for hydroxylation is 1. The van der Waals surface area contributed by atoms with Gasteiger partial charge in [0, 0.05) is 30.4 Å². The molecule has 0 radical (unpaired) electrons. The Bertz CT molecular complexity index is 564. The first-order valence-corrected chi connectivity index (χ1v) is 7.69. The third-order valence-electron chi connectivity index (χ3n) is 3.66. The molecule has 100 valence electrons. The Morgan fingerprint density at radius 2 is 2.26 bits per heavy atom. The predicted octanol–water partition coefficient (Wildman–Crippen LogP) is 3.31. The van der Waals surface area contributed by atoms with Gasteiger partial charge in [-0.2, -0.15) is 0 Å². The van der Waals surface area contributed by atoms with E-state index in [1.807, 2.05) is 31.2 Å². The fourth-order valence-electron chi connectivity index (χ4n) is 2.69. The molecule has 3 nitrogen and oxygen atoms in total. The van der Waals surface area contributed by atoms with Crippen LogP contribution in [0.15, 0.2) is 41.6 Å². The van der Waals surface area contributed by atoms with Crippen LogP contribution >= 0.6 is 11.8 Å². The van der Waals surface area contributed by atoms with Gasteiger partial charge in [0.15, 0.2) is 0 Å². The Labute approximate surface area is 118 Å². The van der Waals surface area contributed by atoms with Gasteiger partial charge >= 0.3 is 0 Å². The summed E-state index contributed by atoms with van der Waals surface area (Å²) in [6, 6.07) is 9.41. The van der Waals surface area contributed by atoms with Gasteiger partial charge in [-0.05, 0) is 30.7 Å². The van der Waals surface area contributed by atoms with E-state index in [1.165, 1.54) is 22.6 Å². The molecule has 1 aromatic heterocycles. The molecule has 1 aliphatic heterocycles. The summed E-state index contributed by atoms with van der Waals surface area (Å²) in [5, 5.41) is 3.72. The van der Waals surface area contributed by atoms with Crippen LogP contribution in [-0.2, 0) is 7.05 Å². The first-order valence-electron chi connectivity index (χ1n) is 6.70. The molecule has 19 heavy (non-hydrogen) atoms. The summed E-state index contributed by atoms with van der Waals surface area (Å²) in [6.07, 6.45) is 5.03. The molecule has 0 spiro atoms. The van der Waals surface area contributed by atoms with Crippen molar-refractivity contribution < 1.29 is 0 Å². The largest absolute Gasteiger partial charge is 0.337 e. The average Bonchev–Trinajstić information content (AvgIpc) is 2.85. The quantitative estimate of drug-likeness (QED) is 0.930. The molecule has 2 heterocycles. The number of nitrogens with zero attached hydrogens (tertiary/aromatic N) is 2. The third kappa shape index (κ3) is 2.55. The zero-order valence-electron chi connectivity index (χ0n) is 11.3. The Balaban J connectivity index is 1.80. The zero-order chi connectivity index (χ0) is 13.2. The van der Waals surface area contributed by atoms with Gasteiger partial charge in [-0.15, -0.1) is 11.8 Å². The van der Waals surface area contributed by atoms with E-state index in [0.29, 0.717) is 6.04 Å². The summed E-state index contributed by atoms with van der Waals surface area (Å²) in [4.78, 5) is 5.85. The zero-order valence-corrected chi connectivity index (χ0v) is 12.2. The maximum atomic E-state index is 4.43. The highest BCUT2D eigenvalue weighted by atomic mass is 32.2. The normalized spacial score (nSPS) is 20.0. The van der Waals surface area contributed by atoms with Crippen molar-refractivity contribution in [2.75, 3.05) is 5.75 Å². The number of imidazole rings is 1. The Hall–Kier alpha value is -1.26. The van der Waals surface area contributed by atoms with Gasteiger partial charge in [-0.3, -0.25) is 0 Å². The Morgan fingerprint density at radius 3 is 3.05 bits per heavy atom. The van der Waals surface area contributed by atoms with Crippen LogP contribution in [0.25, 0.3) is 0 Å². The van der Waals surface area contributed by atoms with Crippen molar-refractivity contribution in [3.05, 3.63) is 48.0 Å². The second-order valence-corrected chi connectivity index (χ2v) is 6.15. The Kier molecular flexibility index (Phi) is 3.62. The fraction of sp³-hybridized carbons (Fsp3) is 0.400. The lowest BCUT2D eigenvalue weighted by Crippen LogP contribution is -2.28. The number of fused-ring (bicyclic) bond motifs is 1. The maximum absolute atomic E-state index is 4.43. The van der Waals surface area contributed by atoms with E-state index in [0.717, 1.165) is 5.82 Å². The number of hydrogen-bond acceptors (Lipinski definition) is 3. The summed E-state index contributed by atoms with van der Waals surface area (Å²) >= 11 is 1.96.